The van der Waals surface area contributed by atoms with E-state index in [9.17, 15) is 14.9 Å². The van der Waals surface area contributed by atoms with Crippen molar-refractivity contribution in [2.24, 2.45) is 0 Å². The predicted molar refractivity (Wildman–Crippen MR) is 81.3 cm³/mol. The summed E-state index contributed by atoms with van der Waals surface area (Å²) < 4.78 is 0. The van der Waals surface area contributed by atoms with E-state index in [-0.39, 0.29) is 11.6 Å². The number of carbonyl (C=O) groups is 1. The number of carbonyl (C=O) groups excluding carboxylic acids is 1. The van der Waals surface area contributed by atoms with Crippen LogP contribution in [0, 0.1) is 17.0 Å². The summed E-state index contributed by atoms with van der Waals surface area (Å²) in [5.41, 5.74) is 0.717. The number of rotatable bonds is 5. The van der Waals surface area contributed by atoms with Gasteiger partial charge in [0, 0.05) is 17.3 Å². The van der Waals surface area contributed by atoms with Crippen LogP contribution in [0.3, 0.4) is 0 Å². The third-order valence-electron chi connectivity index (χ3n) is 4.01. The van der Waals surface area contributed by atoms with Crippen LogP contribution in [0.2, 0.25) is 0 Å². The highest BCUT2D eigenvalue weighted by Crippen LogP contribution is 2.28. The molecule has 2 rings (SSSR count). The molecule has 1 aromatic carbocycles. The van der Waals surface area contributed by atoms with Crippen molar-refractivity contribution in [2.75, 3.05) is 11.9 Å². The zero-order valence-electron chi connectivity index (χ0n) is 12.4. The molecule has 0 spiro atoms. The Balaban J connectivity index is 2.15. The smallest absolute Gasteiger partial charge is 0.272 e. The molecule has 1 unspecified atom stereocenters. The fraction of sp³-hybridized carbons (Fsp3) is 0.533. The molecule has 1 aliphatic rings. The Labute approximate surface area is 124 Å². The fourth-order valence-electron chi connectivity index (χ4n) is 2.94. The molecule has 21 heavy (non-hydrogen) atoms. The van der Waals surface area contributed by atoms with Crippen LogP contribution in [0.5, 0.6) is 0 Å². The van der Waals surface area contributed by atoms with Crippen LogP contribution < -0.4 is 10.6 Å². The Morgan fingerprint density at radius 3 is 2.81 bits per heavy atom. The van der Waals surface area contributed by atoms with Crippen molar-refractivity contribution in [2.45, 2.75) is 45.1 Å². The molecule has 1 heterocycles. The maximum absolute atomic E-state index is 12.5. The van der Waals surface area contributed by atoms with Crippen LogP contribution in [0.4, 0.5) is 11.4 Å². The van der Waals surface area contributed by atoms with E-state index in [1.54, 1.807) is 19.1 Å². The van der Waals surface area contributed by atoms with E-state index in [1.807, 2.05) is 0 Å². The Morgan fingerprint density at radius 1 is 1.52 bits per heavy atom. The van der Waals surface area contributed by atoms with E-state index < -0.39 is 10.5 Å². The molecular formula is C15H21N3O3. The molecular weight excluding hydrogens is 270 g/mol. The molecule has 1 aliphatic heterocycles. The molecule has 6 heteroatoms. The van der Waals surface area contributed by atoms with Crippen LogP contribution in [0.1, 0.15) is 38.2 Å². The first kappa shape index (κ1) is 15.4. The maximum atomic E-state index is 12.5. The van der Waals surface area contributed by atoms with Crippen LogP contribution in [-0.2, 0) is 4.79 Å². The molecule has 0 aliphatic carbocycles. The zero-order valence-corrected chi connectivity index (χ0v) is 12.4. The SMILES string of the molecule is CCCC1(C(=O)Nc2ccc([N+](=O)[O-])c(C)c2)CCCN1. The van der Waals surface area contributed by atoms with Gasteiger partial charge in [0.1, 0.15) is 0 Å². The van der Waals surface area contributed by atoms with Gasteiger partial charge in [-0.1, -0.05) is 13.3 Å². The summed E-state index contributed by atoms with van der Waals surface area (Å²) in [6, 6.07) is 4.65. The summed E-state index contributed by atoms with van der Waals surface area (Å²) in [7, 11) is 0. The normalized spacial score (nSPS) is 21.2. The summed E-state index contributed by atoms with van der Waals surface area (Å²) >= 11 is 0. The van der Waals surface area contributed by atoms with E-state index in [0.29, 0.717) is 11.3 Å². The minimum atomic E-state index is -0.496. The third kappa shape index (κ3) is 3.21. The van der Waals surface area contributed by atoms with Gasteiger partial charge in [-0.05, 0) is 44.9 Å². The molecule has 6 nitrogen and oxygen atoms in total. The van der Waals surface area contributed by atoms with Crippen LogP contribution in [0.15, 0.2) is 18.2 Å². The summed E-state index contributed by atoms with van der Waals surface area (Å²) in [6.45, 7) is 4.58. The van der Waals surface area contributed by atoms with Crippen molar-refractivity contribution >= 4 is 17.3 Å². The Kier molecular flexibility index (Phi) is 4.57. The molecule has 0 saturated carbocycles. The number of benzene rings is 1. The van der Waals surface area contributed by atoms with Gasteiger partial charge in [0.25, 0.3) is 5.69 Å². The average molecular weight is 291 g/mol. The van der Waals surface area contributed by atoms with Gasteiger partial charge in [0.2, 0.25) is 5.91 Å². The van der Waals surface area contributed by atoms with E-state index in [2.05, 4.69) is 17.6 Å². The number of nitrogens with zero attached hydrogens (tertiary/aromatic N) is 1. The molecule has 0 radical (unpaired) electrons. The van der Waals surface area contributed by atoms with Crippen molar-refractivity contribution in [1.29, 1.82) is 0 Å². The van der Waals surface area contributed by atoms with Gasteiger partial charge < -0.3 is 10.6 Å². The van der Waals surface area contributed by atoms with E-state index >= 15 is 0 Å². The van der Waals surface area contributed by atoms with Crippen LogP contribution in [0.25, 0.3) is 0 Å². The van der Waals surface area contributed by atoms with Crippen molar-refractivity contribution in [1.82, 2.24) is 5.32 Å². The lowest BCUT2D eigenvalue weighted by Gasteiger charge is -2.27. The van der Waals surface area contributed by atoms with Gasteiger partial charge in [0.15, 0.2) is 0 Å². The minimum Gasteiger partial charge on any atom is -0.324 e. The van der Waals surface area contributed by atoms with E-state index in [0.717, 1.165) is 32.2 Å². The van der Waals surface area contributed by atoms with Gasteiger partial charge in [0.05, 0.1) is 10.5 Å². The topological polar surface area (TPSA) is 84.3 Å². The van der Waals surface area contributed by atoms with E-state index in [4.69, 9.17) is 0 Å². The first-order valence-electron chi connectivity index (χ1n) is 7.30. The number of anilines is 1. The second-order valence-corrected chi connectivity index (χ2v) is 5.57. The van der Waals surface area contributed by atoms with Crippen molar-refractivity contribution in [3.8, 4) is 0 Å². The average Bonchev–Trinajstić information content (AvgIpc) is 2.88. The lowest BCUT2D eigenvalue weighted by molar-refractivity contribution is -0.385. The number of aryl methyl sites for hydroxylation is 1. The van der Waals surface area contributed by atoms with Gasteiger partial charge >= 0.3 is 0 Å². The summed E-state index contributed by atoms with van der Waals surface area (Å²) in [5, 5.41) is 17.0. The second kappa shape index (κ2) is 6.22. The monoisotopic (exact) mass is 291 g/mol. The van der Waals surface area contributed by atoms with Gasteiger partial charge in [-0.25, -0.2) is 0 Å². The van der Waals surface area contributed by atoms with Gasteiger partial charge in [-0.3, -0.25) is 14.9 Å². The van der Waals surface area contributed by atoms with E-state index in [1.165, 1.54) is 6.07 Å². The number of hydrogen-bond donors (Lipinski definition) is 2. The standard InChI is InChI=1S/C15H21N3O3/c1-3-7-15(8-4-9-16-15)14(19)17-12-5-6-13(18(20)21)11(2)10-12/h5-6,10,16H,3-4,7-9H2,1-2H3,(H,17,19). The molecule has 1 aromatic rings. The lowest BCUT2D eigenvalue weighted by Crippen LogP contribution is -2.50. The minimum absolute atomic E-state index is 0.0462. The number of nitrogens with one attached hydrogen (secondary N) is 2. The highest BCUT2D eigenvalue weighted by molar-refractivity contribution is 5.98. The molecule has 0 aromatic heterocycles. The molecule has 114 valence electrons. The molecule has 2 N–H and O–H groups in total. The lowest BCUT2D eigenvalue weighted by atomic mass is 9.90. The maximum Gasteiger partial charge on any atom is 0.272 e. The highest BCUT2D eigenvalue weighted by Gasteiger charge is 2.39. The van der Waals surface area contributed by atoms with Crippen molar-refractivity contribution < 1.29 is 9.72 Å². The number of nitro benzene ring substituents is 1. The van der Waals surface area contributed by atoms with Gasteiger partial charge in [-0.2, -0.15) is 0 Å². The first-order chi connectivity index (χ1) is 9.98. The molecule has 1 fully saturated rings. The number of amides is 1. The third-order valence-corrected chi connectivity index (χ3v) is 4.01. The zero-order chi connectivity index (χ0) is 15.5. The number of hydrogen-bond acceptors (Lipinski definition) is 4. The molecule has 0 bridgehead atoms. The summed E-state index contributed by atoms with van der Waals surface area (Å²) in [4.78, 5) is 22.9. The molecule has 1 amide bonds. The number of nitro groups is 1. The fourth-order valence-corrected chi connectivity index (χ4v) is 2.94. The predicted octanol–water partition coefficient (Wildman–Crippen LogP) is 2.76. The second-order valence-electron chi connectivity index (χ2n) is 5.57. The molecule has 1 atom stereocenters. The van der Waals surface area contributed by atoms with Gasteiger partial charge in [-0.15, -0.1) is 0 Å². The summed E-state index contributed by atoms with van der Waals surface area (Å²) in [5.74, 6) is -0.0462. The quantitative estimate of drug-likeness (QED) is 0.645. The Morgan fingerprint density at radius 2 is 2.29 bits per heavy atom. The first-order valence-corrected chi connectivity index (χ1v) is 7.30. The molecule has 1 saturated heterocycles. The van der Waals surface area contributed by atoms with Crippen molar-refractivity contribution in [3.63, 3.8) is 0 Å². The summed E-state index contributed by atoms with van der Waals surface area (Å²) in [6.07, 6.45) is 3.55. The van der Waals surface area contributed by atoms with Crippen LogP contribution in [-0.4, -0.2) is 22.9 Å². The largest absolute Gasteiger partial charge is 0.324 e. The Hall–Kier alpha value is -1.95. The van der Waals surface area contributed by atoms with Crippen molar-refractivity contribution in [3.05, 3.63) is 33.9 Å². The Bertz CT molecular complexity index is 551. The highest BCUT2D eigenvalue weighted by atomic mass is 16.6. The van der Waals surface area contributed by atoms with Crippen LogP contribution >= 0.6 is 0 Å².